The molecule has 10 heteroatoms. The van der Waals surface area contributed by atoms with Crippen molar-refractivity contribution in [2.24, 2.45) is 0 Å². The average Bonchev–Trinajstić information content (AvgIpc) is 3.05. The molecule has 172 valence electrons. The van der Waals surface area contributed by atoms with E-state index in [4.69, 9.17) is 27.9 Å². The lowest BCUT2D eigenvalue weighted by Gasteiger charge is -2.21. The van der Waals surface area contributed by atoms with Crippen molar-refractivity contribution < 1.29 is 22.7 Å². The molecule has 0 unspecified atom stereocenters. The van der Waals surface area contributed by atoms with Crippen LogP contribution < -0.4 is 5.32 Å². The van der Waals surface area contributed by atoms with Gasteiger partial charge in [-0.05, 0) is 55.7 Å². The lowest BCUT2D eigenvalue weighted by molar-refractivity contribution is -0.119. The highest BCUT2D eigenvalue weighted by atomic mass is 35.5. The zero-order valence-corrected chi connectivity index (χ0v) is 19.9. The van der Waals surface area contributed by atoms with Gasteiger partial charge in [0.25, 0.3) is 5.91 Å². The Labute approximate surface area is 197 Å². The van der Waals surface area contributed by atoms with Crippen LogP contribution in [0.15, 0.2) is 41.3 Å². The van der Waals surface area contributed by atoms with Gasteiger partial charge in [0.15, 0.2) is 6.61 Å². The maximum Gasteiger partial charge on any atom is 0.338 e. The summed E-state index contributed by atoms with van der Waals surface area (Å²) in [5.41, 5.74) is 1.31. The van der Waals surface area contributed by atoms with Gasteiger partial charge in [-0.15, -0.1) is 0 Å². The summed E-state index contributed by atoms with van der Waals surface area (Å²) >= 11 is 12.1. The SMILES string of the molecule is Cc1ccc(Cl)cc1NC(=O)COC(=O)c1ccc(Cl)c(S(=O)(=O)N2CCCCCC2)c1. The number of sulfonamides is 1. The van der Waals surface area contributed by atoms with Crippen LogP contribution in [-0.2, 0) is 19.6 Å². The van der Waals surface area contributed by atoms with E-state index in [9.17, 15) is 18.0 Å². The van der Waals surface area contributed by atoms with Crippen molar-refractivity contribution in [2.75, 3.05) is 25.0 Å². The van der Waals surface area contributed by atoms with E-state index in [2.05, 4.69) is 5.32 Å². The zero-order chi connectivity index (χ0) is 23.3. The van der Waals surface area contributed by atoms with Crippen LogP contribution >= 0.6 is 23.2 Å². The van der Waals surface area contributed by atoms with Crippen LogP contribution in [0.4, 0.5) is 5.69 Å². The largest absolute Gasteiger partial charge is 0.452 e. The molecule has 1 amide bonds. The molecule has 0 radical (unpaired) electrons. The molecule has 1 heterocycles. The maximum absolute atomic E-state index is 13.1. The third kappa shape index (κ3) is 6.01. The van der Waals surface area contributed by atoms with Crippen molar-refractivity contribution in [3.05, 3.63) is 57.6 Å². The molecule has 1 fully saturated rings. The number of anilines is 1. The lowest BCUT2D eigenvalue weighted by atomic mass is 10.2. The van der Waals surface area contributed by atoms with E-state index in [-0.39, 0.29) is 15.5 Å². The number of hydrogen-bond acceptors (Lipinski definition) is 5. The predicted molar refractivity (Wildman–Crippen MR) is 124 cm³/mol. The molecule has 7 nitrogen and oxygen atoms in total. The minimum atomic E-state index is -3.85. The van der Waals surface area contributed by atoms with Crippen LogP contribution in [0.5, 0.6) is 0 Å². The maximum atomic E-state index is 13.1. The number of nitrogens with one attached hydrogen (secondary N) is 1. The van der Waals surface area contributed by atoms with Crippen molar-refractivity contribution in [1.82, 2.24) is 4.31 Å². The topological polar surface area (TPSA) is 92.8 Å². The standard InChI is InChI=1S/C22H24Cl2N2O5S/c1-15-6-8-17(23)13-19(15)25-21(27)14-31-22(28)16-7-9-18(24)20(12-16)32(29,30)26-10-4-2-3-5-11-26/h6-9,12-13H,2-5,10-11,14H2,1H3,(H,25,27). The van der Waals surface area contributed by atoms with Gasteiger partial charge < -0.3 is 10.1 Å². The number of amides is 1. The number of nitrogens with zero attached hydrogens (tertiary/aromatic N) is 1. The monoisotopic (exact) mass is 498 g/mol. The third-order valence-corrected chi connectivity index (χ3v) is 7.77. The van der Waals surface area contributed by atoms with E-state index in [1.165, 1.54) is 22.5 Å². The second kappa shape index (κ2) is 10.7. The molecule has 1 N–H and O–H groups in total. The van der Waals surface area contributed by atoms with Gasteiger partial charge in [-0.3, -0.25) is 4.79 Å². The molecule has 1 aliphatic rings. The molecule has 1 aliphatic heterocycles. The minimum Gasteiger partial charge on any atom is -0.452 e. The fourth-order valence-corrected chi connectivity index (χ4v) is 5.57. The first-order valence-electron chi connectivity index (χ1n) is 10.2. The van der Waals surface area contributed by atoms with Crippen LogP contribution in [0.2, 0.25) is 10.0 Å². The van der Waals surface area contributed by atoms with Gasteiger partial charge >= 0.3 is 5.97 Å². The van der Waals surface area contributed by atoms with Gasteiger partial charge in [-0.2, -0.15) is 4.31 Å². The van der Waals surface area contributed by atoms with E-state index in [0.717, 1.165) is 31.2 Å². The first-order valence-corrected chi connectivity index (χ1v) is 12.4. The zero-order valence-electron chi connectivity index (χ0n) is 17.6. The van der Waals surface area contributed by atoms with E-state index < -0.39 is 28.5 Å². The van der Waals surface area contributed by atoms with Crippen molar-refractivity contribution in [3.8, 4) is 0 Å². The number of carbonyl (C=O) groups is 2. The highest BCUT2D eigenvalue weighted by Gasteiger charge is 2.28. The summed E-state index contributed by atoms with van der Waals surface area (Å²) in [6.07, 6.45) is 3.51. The summed E-state index contributed by atoms with van der Waals surface area (Å²) < 4.78 is 32.6. The third-order valence-electron chi connectivity index (χ3n) is 5.16. The number of esters is 1. The Hall–Kier alpha value is -2.13. The fourth-order valence-electron chi connectivity index (χ4n) is 3.38. The molecule has 0 bridgehead atoms. The highest BCUT2D eigenvalue weighted by molar-refractivity contribution is 7.89. The summed E-state index contributed by atoms with van der Waals surface area (Å²) in [5.74, 6) is -1.37. The van der Waals surface area contributed by atoms with E-state index in [0.29, 0.717) is 23.8 Å². The fraction of sp³-hybridized carbons (Fsp3) is 0.364. The van der Waals surface area contributed by atoms with Gasteiger partial charge in [-0.1, -0.05) is 42.1 Å². The molecule has 0 atom stereocenters. The Kier molecular flexibility index (Phi) is 8.16. The summed E-state index contributed by atoms with van der Waals surface area (Å²) in [5, 5.41) is 3.12. The quantitative estimate of drug-likeness (QED) is 0.584. The van der Waals surface area contributed by atoms with Crippen LogP contribution in [0.1, 0.15) is 41.6 Å². The lowest BCUT2D eigenvalue weighted by Crippen LogP contribution is -2.32. The van der Waals surface area contributed by atoms with Crippen molar-refractivity contribution >= 4 is 50.8 Å². The predicted octanol–water partition coefficient (Wildman–Crippen LogP) is 4.66. The highest BCUT2D eigenvalue weighted by Crippen LogP contribution is 2.28. The minimum absolute atomic E-state index is 0.00506. The van der Waals surface area contributed by atoms with Gasteiger partial charge in [0.1, 0.15) is 4.90 Å². The molecule has 0 saturated carbocycles. The van der Waals surface area contributed by atoms with E-state index in [1.54, 1.807) is 25.1 Å². The molecule has 2 aromatic rings. The molecule has 0 aliphatic carbocycles. The number of benzene rings is 2. The van der Waals surface area contributed by atoms with Crippen molar-refractivity contribution in [1.29, 1.82) is 0 Å². The second-order valence-electron chi connectivity index (χ2n) is 7.55. The molecular formula is C22H24Cl2N2O5S. The first kappa shape index (κ1) is 24.5. The molecule has 0 aromatic heterocycles. The second-order valence-corrected chi connectivity index (χ2v) is 10.3. The number of rotatable bonds is 6. The van der Waals surface area contributed by atoms with Crippen LogP contribution in [0.25, 0.3) is 0 Å². The number of carbonyl (C=O) groups excluding carboxylic acids is 2. The van der Waals surface area contributed by atoms with Crippen LogP contribution in [0, 0.1) is 6.92 Å². The Balaban J connectivity index is 1.69. The smallest absolute Gasteiger partial charge is 0.338 e. The number of aryl methyl sites for hydroxylation is 1. The number of hydrogen-bond donors (Lipinski definition) is 1. The summed E-state index contributed by atoms with van der Waals surface area (Å²) in [7, 11) is -3.85. The number of halogens is 2. The Morgan fingerprint density at radius 3 is 2.41 bits per heavy atom. The summed E-state index contributed by atoms with van der Waals surface area (Å²) in [4.78, 5) is 24.5. The molecule has 3 rings (SSSR count). The van der Waals surface area contributed by atoms with Gasteiger partial charge in [0.05, 0.1) is 10.6 Å². The summed E-state index contributed by atoms with van der Waals surface area (Å²) in [6.45, 7) is 2.09. The molecule has 1 saturated heterocycles. The molecule has 0 spiro atoms. The Morgan fingerprint density at radius 2 is 1.72 bits per heavy atom. The number of ether oxygens (including phenoxy) is 1. The average molecular weight is 499 g/mol. The molecule has 32 heavy (non-hydrogen) atoms. The van der Waals surface area contributed by atoms with Crippen molar-refractivity contribution in [2.45, 2.75) is 37.5 Å². The van der Waals surface area contributed by atoms with Crippen LogP contribution in [-0.4, -0.2) is 44.3 Å². The first-order chi connectivity index (χ1) is 15.2. The van der Waals surface area contributed by atoms with Gasteiger partial charge in [0.2, 0.25) is 10.0 Å². The molecule has 2 aromatic carbocycles. The van der Waals surface area contributed by atoms with Gasteiger partial charge in [0, 0.05) is 23.8 Å². The van der Waals surface area contributed by atoms with Crippen LogP contribution in [0.3, 0.4) is 0 Å². The molecular weight excluding hydrogens is 475 g/mol. The van der Waals surface area contributed by atoms with E-state index in [1.807, 2.05) is 0 Å². The summed E-state index contributed by atoms with van der Waals surface area (Å²) in [6, 6.07) is 8.96. The van der Waals surface area contributed by atoms with Crippen molar-refractivity contribution in [3.63, 3.8) is 0 Å². The Bertz CT molecular complexity index is 1110. The van der Waals surface area contributed by atoms with E-state index >= 15 is 0 Å². The Morgan fingerprint density at radius 1 is 1.03 bits per heavy atom. The normalized spacial score (nSPS) is 15.1. The van der Waals surface area contributed by atoms with Gasteiger partial charge in [-0.25, -0.2) is 13.2 Å².